The number of aromatic nitrogens is 4. The minimum Gasteiger partial charge on any atom is -0.496 e. The van der Waals surface area contributed by atoms with Crippen LogP contribution in [0.3, 0.4) is 0 Å². The highest BCUT2D eigenvalue weighted by atomic mass is 16.5. The van der Waals surface area contributed by atoms with E-state index in [0.717, 1.165) is 11.1 Å². The number of rotatable bonds is 8. The van der Waals surface area contributed by atoms with E-state index in [4.69, 9.17) is 19.4 Å². The number of carbonyl (C=O) groups is 1. The number of carbonyl (C=O) groups excluding carboxylic acids is 1. The molecular weight excluding hydrogens is 458 g/mol. The number of hydrazone groups is 1. The zero-order valence-electron chi connectivity index (χ0n) is 20.2. The number of imidazole rings is 1. The molecule has 2 aromatic heterocycles. The number of anilines is 2. The molecule has 0 radical (unpaired) electrons. The normalized spacial score (nSPS) is 13.9. The molecule has 4 aromatic rings. The smallest absolute Gasteiger partial charge is 0.229 e. The van der Waals surface area contributed by atoms with Crippen LogP contribution in [0.25, 0.3) is 11.2 Å². The lowest BCUT2D eigenvalue weighted by molar-refractivity contribution is 0.0970. The van der Waals surface area contributed by atoms with Gasteiger partial charge >= 0.3 is 0 Å². The fraction of sp³-hybridized carbons (Fsp3) is 0.269. The van der Waals surface area contributed by atoms with Gasteiger partial charge in [-0.05, 0) is 24.6 Å². The van der Waals surface area contributed by atoms with Gasteiger partial charge < -0.3 is 18.9 Å². The average Bonchev–Trinajstić information content (AvgIpc) is 3.31. The van der Waals surface area contributed by atoms with Crippen LogP contribution in [-0.4, -0.2) is 64.9 Å². The van der Waals surface area contributed by atoms with Gasteiger partial charge in [-0.1, -0.05) is 42.0 Å². The van der Waals surface area contributed by atoms with Crippen molar-refractivity contribution in [2.45, 2.75) is 13.5 Å². The van der Waals surface area contributed by atoms with Gasteiger partial charge in [-0.15, -0.1) is 0 Å². The van der Waals surface area contributed by atoms with Gasteiger partial charge in [-0.3, -0.25) is 10.2 Å². The number of Topliss-reactive ketones (excluding diaryl/α,β-unsaturated/α-hetero) is 1. The predicted octanol–water partition coefficient (Wildman–Crippen LogP) is 3.31. The van der Waals surface area contributed by atoms with Gasteiger partial charge in [0.05, 0.1) is 45.0 Å². The van der Waals surface area contributed by atoms with Crippen molar-refractivity contribution in [2.24, 2.45) is 5.10 Å². The van der Waals surface area contributed by atoms with E-state index in [9.17, 15) is 4.79 Å². The summed E-state index contributed by atoms with van der Waals surface area (Å²) in [5.41, 5.74) is 6.73. The van der Waals surface area contributed by atoms with Crippen molar-refractivity contribution in [3.05, 3.63) is 71.5 Å². The fourth-order valence-electron chi connectivity index (χ4n) is 4.06. The third kappa shape index (κ3) is 5.03. The quantitative estimate of drug-likeness (QED) is 0.230. The third-order valence-corrected chi connectivity index (χ3v) is 5.89. The van der Waals surface area contributed by atoms with Crippen LogP contribution in [-0.2, 0) is 11.3 Å². The van der Waals surface area contributed by atoms with E-state index >= 15 is 0 Å². The predicted molar refractivity (Wildman–Crippen MR) is 138 cm³/mol. The number of nitrogens with one attached hydrogen (secondary N) is 1. The van der Waals surface area contributed by atoms with Crippen LogP contribution in [0.15, 0.2) is 60.0 Å². The summed E-state index contributed by atoms with van der Waals surface area (Å²) in [6.45, 7) is 4.63. The molecule has 0 atom stereocenters. The Bertz CT molecular complexity index is 1410. The number of morpholine rings is 1. The number of methoxy groups -OCH3 is 1. The van der Waals surface area contributed by atoms with Gasteiger partial charge in [-0.2, -0.15) is 15.1 Å². The molecule has 1 saturated heterocycles. The number of ketones is 1. The SMILES string of the molecule is COc1ccccc1C(=O)Cn1cnc2c(N/N=C/c3cccc(C)c3)nc(N3CCOCC3)nc21. The number of hydrogen-bond acceptors (Lipinski definition) is 9. The van der Waals surface area contributed by atoms with Crippen molar-refractivity contribution in [2.75, 3.05) is 43.7 Å². The molecule has 10 nitrogen and oxygen atoms in total. The Balaban J connectivity index is 1.48. The van der Waals surface area contributed by atoms with Crippen molar-refractivity contribution >= 4 is 34.9 Å². The highest BCUT2D eigenvalue weighted by Gasteiger charge is 2.21. The number of ether oxygens (including phenoxy) is 2. The van der Waals surface area contributed by atoms with Crippen LogP contribution >= 0.6 is 0 Å². The summed E-state index contributed by atoms with van der Waals surface area (Å²) in [5, 5.41) is 4.39. The maximum atomic E-state index is 13.1. The Labute approximate surface area is 208 Å². The first kappa shape index (κ1) is 23.4. The lowest BCUT2D eigenvalue weighted by Crippen LogP contribution is -2.37. The molecule has 0 amide bonds. The summed E-state index contributed by atoms with van der Waals surface area (Å²) in [7, 11) is 1.55. The maximum absolute atomic E-state index is 13.1. The molecule has 0 aliphatic carbocycles. The summed E-state index contributed by atoms with van der Waals surface area (Å²) in [5.74, 6) is 1.42. The van der Waals surface area contributed by atoms with Crippen molar-refractivity contribution < 1.29 is 14.3 Å². The van der Waals surface area contributed by atoms with Gasteiger partial charge in [0.15, 0.2) is 22.8 Å². The number of benzene rings is 2. The van der Waals surface area contributed by atoms with Crippen LogP contribution in [0.1, 0.15) is 21.5 Å². The van der Waals surface area contributed by atoms with Crippen LogP contribution < -0.4 is 15.1 Å². The topological polar surface area (TPSA) is 107 Å². The van der Waals surface area contributed by atoms with E-state index in [-0.39, 0.29) is 12.3 Å². The molecule has 3 heterocycles. The molecular formula is C26H27N7O3. The van der Waals surface area contributed by atoms with Crippen molar-refractivity contribution in [3.63, 3.8) is 0 Å². The number of hydrogen-bond donors (Lipinski definition) is 1. The first-order chi connectivity index (χ1) is 17.6. The van der Waals surface area contributed by atoms with E-state index < -0.39 is 0 Å². The average molecular weight is 486 g/mol. The third-order valence-electron chi connectivity index (χ3n) is 5.89. The monoisotopic (exact) mass is 485 g/mol. The first-order valence-electron chi connectivity index (χ1n) is 11.7. The van der Waals surface area contributed by atoms with Gasteiger partial charge in [0.2, 0.25) is 5.95 Å². The Morgan fingerprint density at radius 1 is 1.17 bits per heavy atom. The fourth-order valence-corrected chi connectivity index (χ4v) is 4.06. The molecule has 10 heteroatoms. The van der Waals surface area contributed by atoms with E-state index in [0.29, 0.717) is 60.5 Å². The lowest BCUT2D eigenvalue weighted by Gasteiger charge is -2.27. The first-order valence-corrected chi connectivity index (χ1v) is 11.7. The zero-order valence-corrected chi connectivity index (χ0v) is 20.2. The van der Waals surface area contributed by atoms with Gasteiger partial charge in [0.1, 0.15) is 5.75 Å². The molecule has 0 bridgehead atoms. The summed E-state index contributed by atoms with van der Waals surface area (Å²) < 4.78 is 12.6. The highest BCUT2D eigenvalue weighted by molar-refractivity contribution is 5.99. The molecule has 1 aliphatic heterocycles. The molecule has 2 aromatic carbocycles. The standard InChI is InChI=1S/C26H27N7O3/c1-18-6-5-7-19(14-18)15-28-31-24-23-25(30-26(29-24)32-10-12-36-13-11-32)33(17-27-23)16-21(34)20-8-3-4-9-22(20)35-2/h3-9,14-15,17H,10-13,16H2,1-2H3,(H,29,30,31)/b28-15+. The molecule has 5 rings (SSSR count). The van der Waals surface area contributed by atoms with Gasteiger partial charge in [-0.25, -0.2) is 4.98 Å². The second-order valence-corrected chi connectivity index (χ2v) is 8.42. The maximum Gasteiger partial charge on any atom is 0.229 e. The van der Waals surface area contributed by atoms with E-state index in [1.165, 1.54) is 0 Å². The Hall–Kier alpha value is -4.31. The van der Waals surface area contributed by atoms with Gasteiger partial charge in [0.25, 0.3) is 0 Å². The highest BCUT2D eigenvalue weighted by Crippen LogP contribution is 2.25. The zero-order chi connectivity index (χ0) is 24.9. The van der Waals surface area contributed by atoms with Crippen LogP contribution in [0.2, 0.25) is 0 Å². The van der Waals surface area contributed by atoms with Crippen LogP contribution in [0.4, 0.5) is 11.8 Å². The second kappa shape index (κ2) is 10.5. The second-order valence-electron chi connectivity index (χ2n) is 8.42. The van der Waals surface area contributed by atoms with Gasteiger partial charge in [0, 0.05) is 13.1 Å². The summed E-state index contributed by atoms with van der Waals surface area (Å²) >= 11 is 0. The lowest BCUT2D eigenvalue weighted by atomic mass is 10.1. The van der Waals surface area contributed by atoms with Crippen molar-refractivity contribution in [1.82, 2.24) is 19.5 Å². The van der Waals surface area contributed by atoms with Crippen molar-refractivity contribution in [1.29, 1.82) is 0 Å². The Morgan fingerprint density at radius 2 is 2.00 bits per heavy atom. The summed E-state index contributed by atoms with van der Waals surface area (Å²) in [4.78, 5) is 29.2. The molecule has 0 unspecified atom stereocenters. The molecule has 1 N–H and O–H groups in total. The van der Waals surface area contributed by atoms with Crippen LogP contribution in [0, 0.1) is 6.92 Å². The minimum absolute atomic E-state index is 0.0580. The summed E-state index contributed by atoms with van der Waals surface area (Å²) in [6.07, 6.45) is 3.34. The Kier molecular flexibility index (Phi) is 6.85. The van der Waals surface area contributed by atoms with E-state index in [1.54, 1.807) is 36.4 Å². The number of para-hydroxylation sites is 1. The molecule has 0 spiro atoms. The molecule has 0 saturated carbocycles. The molecule has 36 heavy (non-hydrogen) atoms. The molecule has 184 valence electrons. The number of nitrogens with zero attached hydrogens (tertiary/aromatic N) is 6. The number of aryl methyl sites for hydroxylation is 1. The van der Waals surface area contributed by atoms with E-state index in [1.807, 2.05) is 43.3 Å². The van der Waals surface area contributed by atoms with E-state index in [2.05, 4.69) is 20.4 Å². The number of fused-ring (bicyclic) bond motifs is 1. The minimum atomic E-state index is -0.106. The largest absolute Gasteiger partial charge is 0.496 e. The Morgan fingerprint density at radius 3 is 2.81 bits per heavy atom. The summed E-state index contributed by atoms with van der Waals surface area (Å²) in [6, 6.07) is 15.2. The molecule has 1 fully saturated rings. The van der Waals surface area contributed by atoms with Crippen LogP contribution in [0.5, 0.6) is 5.75 Å². The van der Waals surface area contributed by atoms with Crippen molar-refractivity contribution in [3.8, 4) is 5.75 Å². The molecule has 1 aliphatic rings.